The number of fused-ring (bicyclic) bond motifs is 1. The van der Waals surface area contributed by atoms with Crippen LogP contribution in [-0.4, -0.2) is 18.8 Å². The molecule has 12 heavy (non-hydrogen) atoms. The maximum atomic E-state index is 2.12. The van der Waals surface area contributed by atoms with Gasteiger partial charge in [0.25, 0.3) is 0 Å². The Hall–Kier alpha value is -1.44. The van der Waals surface area contributed by atoms with E-state index in [0.717, 1.165) is 0 Å². The summed E-state index contributed by atoms with van der Waals surface area (Å²) in [7, 11) is 4.05. The Morgan fingerprint density at radius 1 is 1.00 bits per heavy atom. The van der Waals surface area contributed by atoms with Crippen molar-refractivity contribution in [1.82, 2.24) is 4.68 Å². The molecule has 0 aliphatic heterocycles. The summed E-state index contributed by atoms with van der Waals surface area (Å²) in [5, 5.41) is 4.61. The summed E-state index contributed by atoms with van der Waals surface area (Å²) in [4.78, 5) is 0. The minimum atomic E-state index is 1.28. The lowest BCUT2D eigenvalue weighted by atomic mass is 10.2. The molecule has 2 rings (SSSR count). The van der Waals surface area contributed by atoms with Crippen LogP contribution < -0.4 is 5.01 Å². The van der Waals surface area contributed by atoms with Gasteiger partial charge in [0.1, 0.15) is 0 Å². The molecule has 0 fully saturated rings. The van der Waals surface area contributed by atoms with E-state index in [-0.39, 0.29) is 0 Å². The van der Waals surface area contributed by atoms with Gasteiger partial charge in [-0.1, -0.05) is 24.3 Å². The first-order valence-electron chi connectivity index (χ1n) is 4.02. The van der Waals surface area contributed by atoms with Gasteiger partial charge in [0, 0.05) is 37.3 Å². The highest BCUT2D eigenvalue weighted by Crippen LogP contribution is 2.13. The molecule has 1 heterocycles. The molecule has 0 amide bonds. The Balaban J connectivity index is 2.62. The van der Waals surface area contributed by atoms with E-state index in [1.165, 1.54) is 10.8 Å². The zero-order chi connectivity index (χ0) is 8.55. The number of rotatable bonds is 1. The summed E-state index contributed by atoms with van der Waals surface area (Å²) in [6, 6.07) is 8.36. The summed E-state index contributed by atoms with van der Waals surface area (Å²) in [5.41, 5.74) is 0. The molecule has 0 atom stereocenters. The summed E-state index contributed by atoms with van der Waals surface area (Å²) in [5.74, 6) is 0. The van der Waals surface area contributed by atoms with Gasteiger partial charge in [0.2, 0.25) is 0 Å². The van der Waals surface area contributed by atoms with E-state index in [1.807, 2.05) is 19.1 Å². The summed E-state index contributed by atoms with van der Waals surface area (Å²) >= 11 is 0. The number of aromatic nitrogens is 1. The average molecular weight is 160 g/mol. The fourth-order valence-corrected chi connectivity index (χ4v) is 1.30. The van der Waals surface area contributed by atoms with E-state index in [1.54, 1.807) is 0 Å². The van der Waals surface area contributed by atoms with E-state index in [4.69, 9.17) is 0 Å². The normalized spacial score (nSPS) is 10.5. The highest BCUT2D eigenvalue weighted by molar-refractivity contribution is 5.82. The van der Waals surface area contributed by atoms with Gasteiger partial charge in [-0.2, -0.15) is 0 Å². The van der Waals surface area contributed by atoms with Gasteiger partial charge in [0.15, 0.2) is 0 Å². The van der Waals surface area contributed by atoms with Gasteiger partial charge in [-0.3, -0.25) is 4.68 Å². The monoisotopic (exact) mass is 160 g/mol. The molecule has 0 aliphatic carbocycles. The minimum Gasteiger partial charge on any atom is -0.319 e. The second-order valence-corrected chi connectivity index (χ2v) is 3.11. The van der Waals surface area contributed by atoms with Gasteiger partial charge in [-0.15, -0.1) is 0 Å². The van der Waals surface area contributed by atoms with Crippen molar-refractivity contribution in [2.75, 3.05) is 19.1 Å². The molecule has 0 spiro atoms. The minimum absolute atomic E-state index is 1.28. The van der Waals surface area contributed by atoms with Crippen LogP contribution in [0.3, 0.4) is 0 Å². The van der Waals surface area contributed by atoms with Gasteiger partial charge < -0.3 is 5.01 Å². The van der Waals surface area contributed by atoms with Crippen molar-refractivity contribution in [3.8, 4) is 0 Å². The third kappa shape index (κ3) is 1.05. The van der Waals surface area contributed by atoms with Crippen molar-refractivity contribution in [3.63, 3.8) is 0 Å². The second-order valence-electron chi connectivity index (χ2n) is 3.11. The lowest BCUT2D eigenvalue weighted by Gasteiger charge is -2.12. The molecule has 2 aromatic rings. The quantitative estimate of drug-likeness (QED) is 0.618. The Labute approximate surface area is 72.0 Å². The Morgan fingerprint density at radius 3 is 1.92 bits per heavy atom. The first-order valence-corrected chi connectivity index (χ1v) is 4.02. The smallest absolute Gasteiger partial charge is 0.0339 e. The van der Waals surface area contributed by atoms with E-state index in [2.05, 4.69) is 41.3 Å². The van der Waals surface area contributed by atoms with E-state index < -0.39 is 0 Å². The molecule has 1 aromatic heterocycles. The van der Waals surface area contributed by atoms with Gasteiger partial charge in [-0.05, 0) is 0 Å². The molecule has 0 saturated heterocycles. The SMILES string of the molecule is CN(C)n1cc2ccccc2c1. The number of hydrogen-bond acceptors (Lipinski definition) is 1. The van der Waals surface area contributed by atoms with Crippen molar-refractivity contribution in [1.29, 1.82) is 0 Å². The van der Waals surface area contributed by atoms with Gasteiger partial charge in [0.05, 0.1) is 0 Å². The highest BCUT2D eigenvalue weighted by atomic mass is 15.5. The summed E-state index contributed by atoms with van der Waals surface area (Å²) in [6.45, 7) is 0. The largest absolute Gasteiger partial charge is 0.319 e. The van der Waals surface area contributed by atoms with Gasteiger partial charge in [-0.25, -0.2) is 0 Å². The maximum Gasteiger partial charge on any atom is 0.0339 e. The third-order valence-corrected chi connectivity index (χ3v) is 2.00. The Morgan fingerprint density at radius 2 is 1.50 bits per heavy atom. The van der Waals surface area contributed by atoms with Crippen molar-refractivity contribution >= 4 is 10.8 Å². The van der Waals surface area contributed by atoms with Crippen LogP contribution >= 0.6 is 0 Å². The van der Waals surface area contributed by atoms with Crippen LogP contribution in [0.2, 0.25) is 0 Å². The topological polar surface area (TPSA) is 8.17 Å². The Kier molecular flexibility index (Phi) is 1.54. The lowest BCUT2D eigenvalue weighted by Crippen LogP contribution is -2.22. The Bertz CT molecular complexity index is 354. The number of benzene rings is 1. The van der Waals surface area contributed by atoms with E-state index >= 15 is 0 Å². The molecular formula is C10H12N2. The molecule has 0 radical (unpaired) electrons. The van der Waals surface area contributed by atoms with Crippen LogP contribution in [0.4, 0.5) is 0 Å². The summed E-state index contributed by atoms with van der Waals surface area (Å²) < 4.78 is 2.07. The zero-order valence-corrected chi connectivity index (χ0v) is 7.36. The van der Waals surface area contributed by atoms with Crippen molar-refractivity contribution in [2.45, 2.75) is 0 Å². The molecule has 1 aromatic carbocycles. The first-order chi connectivity index (χ1) is 5.77. The van der Waals surface area contributed by atoms with E-state index in [0.29, 0.717) is 0 Å². The van der Waals surface area contributed by atoms with Crippen molar-refractivity contribution < 1.29 is 0 Å². The fraction of sp³-hybridized carbons (Fsp3) is 0.200. The van der Waals surface area contributed by atoms with Crippen molar-refractivity contribution in [3.05, 3.63) is 36.7 Å². The fourth-order valence-electron chi connectivity index (χ4n) is 1.30. The van der Waals surface area contributed by atoms with Crippen LogP contribution in [0, 0.1) is 0 Å². The molecular weight excluding hydrogens is 148 g/mol. The molecule has 2 heteroatoms. The molecule has 2 nitrogen and oxygen atoms in total. The van der Waals surface area contributed by atoms with Crippen molar-refractivity contribution in [2.24, 2.45) is 0 Å². The predicted molar refractivity (Wildman–Crippen MR) is 52.0 cm³/mol. The van der Waals surface area contributed by atoms with E-state index in [9.17, 15) is 0 Å². The summed E-state index contributed by atoms with van der Waals surface area (Å²) in [6.07, 6.45) is 4.24. The van der Waals surface area contributed by atoms with Crippen LogP contribution in [0.25, 0.3) is 10.8 Å². The third-order valence-electron chi connectivity index (χ3n) is 2.00. The highest BCUT2D eigenvalue weighted by Gasteiger charge is 1.96. The molecule has 0 aliphatic rings. The van der Waals surface area contributed by atoms with Crippen LogP contribution in [0.5, 0.6) is 0 Å². The predicted octanol–water partition coefficient (Wildman–Crippen LogP) is 1.84. The first kappa shape index (κ1) is 7.22. The molecule has 0 N–H and O–H groups in total. The molecule has 62 valence electrons. The number of hydrogen-bond donors (Lipinski definition) is 0. The standard InChI is InChI=1S/C10H12N2/c1-11(2)12-7-9-5-3-4-6-10(9)8-12/h3-8H,1-2H3. The lowest BCUT2D eigenvalue weighted by molar-refractivity contribution is 0.740. The van der Waals surface area contributed by atoms with Crippen LogP contribution in [0.1, 0.15) is 0 Å². The molecule has 0 bridgehead atoms. The zero-order valence-electron chi connectivity index (χ0n) is 7.36. The average Bonchev–Trinajstić information content (AvgIpc) is 2.46. The van der Waals surface area contributed by atoms with Crippen LogP contribution in [-0.2, 0) is 0 Å². The maximum absolute atomic E-state index is 2.12. The molecule has 0 saturated carbocycles. The second kappa shape index (κ2) is 2.55. The van der Waals surface area contributed by atoms with Crippen LogP contribution in [0.15, 0.2) is 36.7 Å². The van der Waals surface area contributed by atoms with Gasteiger partial charge >= 0.3 is 0 Å². The number of nitrogens with zero attached hydrogens (tertiary/aromatic N) is 2. The molecule has 0 unspecified atom stereocenters.